The number of rotatable bonds is 5. The Bertz CT molecular complexity index is 1510. The Kier molecular flexibility index (Phi) is 6.93. The zero-order valence-corrected chi connectivity index (χ0v) is 23.0. The van der Waals surface area contributed by atoms with Crippen LogP contribution in [0.4, 0.5) is 5.69 Å². The minimum Gasteiger partial charge on any atom is -0.507 e. The van der Waals surface area contributed by atoms with Crippen molar-refractivity contribution >= 4 is 40.6 Å². The summed E-state index contributed by atoms with van der Waals surface area (Å²) in [7, 11) is 0. The fraction of sp³-hybridized carbons (Fsp3) is 0.419. The lowest BCUT2D eigenvalue weighted by molar-refractivity contribution is -0.182. The van der Waals surface area contributed by atoms with E-state index in [1.807, 2.05) is 0 Å². The minimum absolute atomic E-state index is 0.0149. The highest BCUT2D eigenvalue weighted by atomic mass is 16.3. The number of aliphatic hydroxyl groups is 1. The molecular formula is C31H32N2O8. The van der Waals surface area contributed by atoms with Gasteiger partial charge in [-0.25, -0.2) is 0 Å². The second-order valence-corrected chi connectivity index (χ2v) is 11.6. The van der Waals surface area contributed by atoms with Crippen LogP contribution in [0.1, 0.15) is 49.5 Å². The third-order valence-electron chi connectivity index (χ3n) is 9.00. The number of hydrogen-bond acceptors (Lipinski definition) is 8. The first kappa shape index (κ1) is 28.4. The number of Topliss-reactive ketones (excluding diaryl/α,β-unsaturated/α-hetero) is 4. The van der Waals surface area contributed by atoms with Gasteiger partial charge in [-0.05, 0) is 59.6 Å². The maximum Gasteiger partial charge on any atom is 0.235 e. The maximum atomic E-state index is 13.9. The van der Waals surface area contributed by atoms with Crippen molar-refractivity contribution in [1.29, 1.82) is 0 Å². The van der Waals surface area contributed by atoms with E-state index in [4.69, 9.17) is 5.73 Å². The molecule has 6 atom stereocenters. The Morgan fingerprint density at radius 1 is 1.05 bits per heavy atom. The number of amides is 2. The molecule has 214 valence electrons. The number of aromatic hydroxyl groups is 1. The zero-order chi connectivity index (χ0) is 30.0. The van der Waals surface area contributed by atoms with Gasteiger partial charge in [0.15, 0.2) is 34.7 Å². The highest BCUT2D eigenvalue weighted by molar-refractivity contribution is 6.32. The molecule has 0 aliphatic heterocycles. The van der Waals surface area contributed by atoms with Crippen LogP contribution < -0.4 is 11.1 Å². The molecule has 41 heavy (non-hydrogen) atoms. The molecule has 3 aliphatic rings. The normalized spacial score (nSPS) is 29.0. The molecule has 2 unspecified atom stereocenters. The summed E-state index contributed by atoms with van der Waals surface area (Å²) in [5.74, 6) is -12.1. The van der Waals surface area contributed by atoms with Crippen molar-refractivity contribution in [3.8, 4) is 16.9 Å². The molecule has 0 spiro atoms. The van der Waals surface area contributed by atoms with Gasteiger partial charge in [-0.15, -0.1) is 0 Å². The summed E-state index contributed by atoms with van der Waals surface area (Å²) in [6.45, 7) is 5.15. The van der Waals surface area contributed by atoms with Crippen LogP contribution in [0.2, 0.25) is 0 Å². The van der Waals surface area contributed by atoms with E-state index in [2.05, 4.69) is 5.32 Å². The summed E-state index contributed by atoms with van der Waals surface area (Å²) in [4.78, 5) is 78.3. The lowest BCUT2D eigenvalue weighted by Crippen LogP contribution is -2.71. The largest absolute Gasteiger partial charge is 0.507 e. The molecule has 0 heterocycles. The Labute approximate surface area is 236 Å². The van der Waals surface area contributed by atoms with Crippen molar-refractivity contribution in [2.45, 2.75) is 45.6 Å². The highest BCUT2D eigenvalue weighted by Gasteiger charge is 2.69. The SMILES string of the molecule is CCC(=O)Nc1ccc(-c2ccc(O)c3c2C[C@H]2C[C@H]4[C@H](C(C)C)C(=O)C(C(N)=O)C(=O)[C@@]4(O)C(=O)C2C3=O)cc1. The van der Waals surface area contributed by atoms with Crippen LogP contribution in [-0.4, -0.2) is 50.8 Å². The molecule has 0 aromatic heterocycles. The fourth-order valence-corrected chi connectivity index (χ4v) is 7.11. The van der Waals surface area contributed by atoms with Gasteiger partial charge in [-0.2, -0.15) is 0 Å². The fourth-order valence-electron chi connectivity index (χ4n) is 7.11. The standard InChI is InChI=1S/C31H32N2O8/c1-4-21(35)33-16-7-5-14(6-8-16)17-9-10-20(34)24-18(17)11-15-12-19-22(13(2)3)26(36)25(30(32)40)29(39)31(19,41)28(38)23(15)27(24)37/h5-10,13,15,19,22-23,25,34,41H,4,11-12H2,1-3H3,(H2,32,40)(H,33,35)/t15-,19-,22-,23?,25?,31-/m0/s1. The van der Waals surface area contributed by atoms with Crippen LogP contribution >= 0.6 is 0 Å². The van der Waals surface area contributed by atoms with E-state index in [0.717, 1.165) is 0 Å². The Morgan fingerprint density at radius 2 is 1.71 bits per heavy atom. The summed E-state index contributed by atoms with van der Waals surface area (Å²) in [5, 5.41) is 25.2. The number of benzene rings is 2. The molecule has 10 heteroatoms. The minimum atomic E-state index is -2.72. The lowest BCUT2D eigenvalue weighted by atomic mass is 9.49. The molecule has 3 aliphatic carbocycles. The predicted octanol–water partition coefficient (Wildman–Crippen LogP) is 2.22. The number of carbonyl (C=O) groups excluding carboxylic acids is 6. The Morgan fingerprint density at radius 3 is 2.29 bits per heavy atom. The maximum absolute atomic E-state index is 13.9. The molecule has 2 saturated carbocycles. The average Bonchev–Trinajstić information content (AvgIpc) is 2.91. The van der Waals surface area contributed by atoms with Crippen LogP contribution in [-0.2, 0) is 30.4 Å². The molecular weight excluding hydrogens is 528 g/mol. The van der Waals surface area contributed by atoms with Gasteiger partial charge in [0.2, 0.25) is 11.8 Å². The van der Waals surface area contributed by atoms with Crippen molar-refractivity contribution in [1.82, 2.24) is 0 Å². The first-order chi connectivity index (χ1) is 19.3. The van der Waals surface area contributed by atoms with Gasteiger partial charge in [0.1, 0.15) is 5.75 Å². The number of anilines is 1. The average molecular weight is 561 g/mol. The summed E-state index contributed by atoms with van der Waals surface area (Å²) >= 11 is 0. The number of fused-ring (bicyclic) bond motifs is 3. The number of nitrogens with two attached hydrogens (primary N) is 1. The number of phenolic OH excluding ortho intramolecular Hbond substituents is 1. The van der Waals surface area contributed by atoms with Crippen molar-refractivity contribution in [2.75, 3.05) is 5.32 Å². The molecule has 10 nitrogen and oxygen atoms in total. The number of phenols is 1. The number of primary amides is 1. The van der Waals surface area contributed by atoms with Crippen molar-refractivity contribution in [2.24, 2.45) is 41.2 Å². The molecule has 0 saturated heterocycles. The number of ketones is 4. The van der Waals surface area contributed by atoms with Gasteiger partial charge in [-0.1, -0.05) is 39.0 Å². The van der Waals surface area contributed by atoms with Crippen molar-refractivity contribution < 1.29 is 39.0 Å². The second-order valence-electron chi connectivity index (χ2n) is 11.6. The predicted molar refractivity (Wildman–Crippen MR) is 147 cm³/mol. The number of hydrogen-bond donors (Lipinski definition) is 4. The van der Waals surface area contributed by atoms with E-state index in [9.17, 15) is 39.0 Å². The molecule has 2 fully saturated rings. The summed E-state index contributed by atoms with van der Waals surface area (Å²) in [6, 6.07) is 10.0. The monoisotopic (exact) mass is 560 g/mol. The van der Waals surface area contributed by atoms with Gasteiger partial charge in [-0.3, -0.25) is 28.8 Å². The second kappa shape index (κ2) is 10.0. The first-order valence-electron chi connectivity index (χ1n) is 13.8. The van der Waals surface area contributed by atoms with Gasteiger partial charge in [0.25, 0.3) is 0 Å². The van der Waals surface area contributed by atoms with Gasteiger partial charge >= 0.3 is 0 Å². The van der Waals surface area contributed by atoms with E-state index in [-0.39, 0.29) is 30.1 Å². The highest BCUT2D eigenvalue weighted by Crippen LogP contribution is 2.53. The molecule has 2 aromatic carbocycles. The third-order valence-corrected chi connectivity index (χ3v) is 9.00. The topological polar surface area (TPSA) is 181 Å². The number of nitrogens with one attached hydrogen (secondary N) is 1. The summed E-state index contributed by atoms with van der Waals surface area (Å²) in [6.07, 6.45) is 0.514. The van der Waals surface area contributed by atoms with Gasteiger partial charge < -0.3 is 21.3 Å². The molecule has 0 radical (unpaired) electrons. The van der Waals surface area contributed by atoms with E-state index in [0.29, 0.717) is 28.8 Å². The molecule has 5 rings (SSSR count). The van der Waals surface area contributed by atoms with Crippen LogP contribution in [0.3, 0.4) is 0 Å². The molecule has 0 bridgehead atoms. The molecule has 2 aromatic rings. The molecule has 5 N–H and O–H groups in total. The van der Waals surface area contributed by atoms with Crippen LogP contribution in [0, 0.1) is 35.5 Å². The smallest absolute Gasteiger partial charge is 0.235 e. The number of carbonyl (C=O) groups is 6. The van der Waals surface area contributed by atoms with Crippen LogP contribution in [0.15, 0.2) is 36.4 Å². The van der Waals surface area contributed by atoms with Crippen molar-refractivity contribution in [3.63, 3.8) is 0 Å². The van der Waals surface area contributed by atoms with Crippen LogP contribution in [0.5, 0.6) is 5.75 Å². The van der Waals surface area contributed by atoms with Gasteiger partial charge in [0, 0.05) is 23.9 Å². The third kappa shape index (κ3) is 4.20. The first-order valence-corrected chi connectivity index (χ1v) is 13.8. The lowest BCUT2D eigenvalue weighted by Gasteiger charge is -2.52. The van der Waals surface area contributed by atoms with E-state index in [1.165, 1.54) is 6.07 Å². The molecule has 2 amide bonds. The summed E-state index contributed by atoms with van der Waals surface area (Å²) < 4.78 is 0. The van der Waals surface area contributed by atoms with E-state index >= 15 is 0 Å². The zero-order valence-electron chi connectivity index (χ0n) is 23.0. The van der Waals surface area contributed by atoms with Gasteiger partial charge in [0.05, 0.1) is 11.5 Å². The summed E-state index contributed by atoms with van der Waals surface area (Å²) in [5.41, 5.74) is 5.07. The Hall–Kier alpha value is -4.18. The quantitative estimate of drug-likeness (QED) is 0.402. The van der Waals surface area contributed by atoms with Crippen LogP contribution in [0.25, 0.3) is 11.1 Å². The van der Waals surface area contributed by atoms with E-state index < -0.39 is 70.1 Å². The van der Waals surface area contributed by atoms with Crippen molar-refractivity contribution in [3.05, 3.63) is 47.5 Å². The van der Waals surface area contributed by atoms with E-state index in [1.54, 1.807) is 51.1 Å². The Balaban J connectivity index is 1.59.